The molecule has 0 atom stereocenters. The first-order chi connectivity index (χ1) is 10.9. The van der Waals surface area contributed by atoms with E-state index in [1.165, 1.54) is 13.0 Å². The van der Waals surface area contributed by atoms with Gasteiger partial charge in [0.1, 0.15) is 0 Å². The summed E-state index contributed by atoms with van der Waals surface area (Å²) in [7, 11) is 1.57. The number of hydrogen-bond acceptors (Lipinski definition) is 4. The lowest BCUT2D eigenvalue weighted by Gasteiger charge is -2.13. The molecule has 23 heavy (non-hydrogen) atoms. The molecule has 0 radical (unpaired) electrons. The number of nitrogens with one attached hydrogen (secondary N) is 2. The molecular weight excluding hydrogens is 296 g/mol. The second-order valence-corrected chi connectivity index (χ2v) is 5.18. The van der Waals surface area contributed by atoms with Crippen LogP contribution in [-0.2, 0) is 9.59 Å². The Morgan fingerprint density at radius 3 is 2.48 bits per heavy atom. The van der Waals surface area contributed by atoms with E-state index in [1.807, 2.05) is 26.0 Å². The zero-order valence-corrected chi connectivity index (χ0v) is 14.0. The first-order valence-corrected chi connectivity index (χ1v) is 7.47. The van der Waals surface area contributed by atoms with E-state index in [9.17, 15) is 9.59 Å². The maximum absolute atomic E-state index is 11.7. The lowest BCUT2D eigenvalue weighted by atomic mass is 10.2. The molecule has 0 heterocycles. The van der Waals surface area contributed by atoms with Gasteiger partial charge in [-0.25, -0.2) is 0 Å². The van der Waals surface area contributed by atoms with Gasteiger partial charge in [0, 0.05) is 26.1 Å². The van der Waals surface area contributed by atoms with Crippen molar-refractivity contribution >= 4 is 17.9 Å². The largest absolute Gasteiger partial charge is 0.493 e. The highest BCUT2D eigenvalue weighted by Gasteiger charge is 2.06. The van der Waals surface area contributed by atoms with Crippen LogP contribution in [0.15, 0.2) is 24.3 Å². The highest BCUT2D eigenvalue weighted by atomic mass is 16.5. The van der Waals surface area contributed by atoms with Crippen molar-refractivity contribution in [3.63, 3.8) is 0 Å². The van der Waals surface area contributed by atoms with E-state index < -0.39 is 0 Å². The van der Waals surface area contributed by atoms with E-state index in [0.29, 0.717) is 24.6 Å². The van der Waals surface area contributed by atoms with Crippen molar-refractivity contribution < 1.29 is 19.1 Å². The summed E-state index contributed by atoms with van der Waals surface area (Å²) in [5, 5.41) is 5.28. The number of hydrogen-bond donors (Lipinski definition) is 2. The van der Waals surface area contributed by atoms with Crippen LogP contribution >= 0.6 is 0 Å². The second-order valence-electron chi connectivity index (χ2n) is 5.18. The fourth-order valence-corrected chi connectivity index (χ4v) is 1.79. The topological polar surface area (TPSA) is 76.7 Å². The number of benzene rings is 1. The minimum absolute atomic E-state index is 0.0553. The number of rotatable bonds is 8. The highest BCUT2D eigenvalue weighted by molar-refractivity contribution is 5.91. The van der Waals surface area contributed by atoms with E-state index in [-0.39, 0.29) is 17.9 Å². The molecule has 2 N–H and O–H groups in total. The summed E-state index contributed by atoms with van der Waals surface area (Å²) in [6, 6.07) is 5.47. The minimum Gasteiger partial charge on any atom is -0.493 e. The van der Waals surface area contributed by atoms with Gasteiger partial charge < -0.3 is 20.1 Å². The Kier molecular flexibility index (Phi) is 7.66. The zero-order valence-electron chi connectivity index (χ0n) is 14.0. The molecule has 2 amide bonds. The van der Waals surface area contributed by atoms with Gasteiger partial charge in [-0.05, 0) is 37.6 Å². The summed E-state index contributed by atoms with van der Waals surface area (Å²) in [4.78, 5) is 22.4. The predicted molar refractivity (Wildman–Crippen MR) is 89.5 cm³/mol. The standard InChI is InChI=1S/C17H24N2O4/c1-12(2)23-15-7-5-14(11-16(15)22-4)6-8-17(21)19-10-9-18-13(3)20/h5-8,11-12H,9-10H2,1-4H3,(H,18,20)(H,19,21). The Labute approximate surface area is 136 Å². The summed E-state index contributed by atoms with van der Waals surface area (Å²) in [5.74, 6) is 0.939. The van der Waals surface area contributed by atoms with Crippen LogP contribution in [0.5, 0.6) is 11.5 Å². The van der Waals surface area contributed by atoms with Crippen LogP contribution in [0.1, 0.15) is 26.3 Å². The fourth-order valence-electron chi connectivity index (χ4n) is 1.79. The highest BCUT2D eigenvalue weighted by Crippen LogP contribution is 2.29. The quantitative estimate of drug-likeness (QED) is 0.565. The Hall–Kier alpha value is -2.50. The van der Waals surface area contributed by atoms with E-state index in [2.05, 4.69) is 10.6 Å². The van der Waals surface area contributed by atoms with Crippen LogP contribution < -0.4 is 20.1 Å². The van der Waals surface area contributed by atoms with Gasteiger partial charge in [0.25, 0.3) is 0 Å². The van der Waals surface area contributed by atoms with Crippen molar-refractivity contribution in [2.24, 2.45) is 0 Å². The molecule has 1 aromatic rings. The first-order valence-electron chi connectivity index (χ1n) is 7.47. The second kappa shape index (κ2) is 9.50. The lowest BCUT2D eigenvalue weighted by molar-refractivity contribution is -0.119. The van der Waals surface area contributed by atoms with Crippen LogP contribution in [0.4, 0.5) is 0 Å². The van der Waals surface area contributed by atoms with Gasteiger partial charge in [0.15, 0.2) is 11.5 Å². The lowest BCUT2D eigenvalue weighted by Crippen LogP contribution is -2.32. The van der Waals surface area contributed by atoms with Gasteiger partial charge in [-0.15, -0.1) is 0 Å². The van der Waals surface area contributed by atoms with E-state index in [0.717, 1.165) is 5.56 Å². The zero-order chi connectivity index (χ0) is 17.2. The van der Waals surface area contributed by atoms with Crippen LogP contribution in [0, 0.1) is 0 Å². The number of methoxy groups -OCH3 is 1. The molecule has 6 nitrogen and oxygen atoms in total. The third-order valence-electron chi connectivity index (χ3n) is 2.78. The molecule has 126 valence electrons. The summed E-state index contributed by atoms with van der Waals surface area (Å²) in [5.41, 5.74) is 0.829. The molecule has 0 aromatic heterocycles. The normalized spacial score (nSPS) is 10.7. The summed E-state index contributed by atoms with van der Waals surface area (Å²) < 4.78 is 10.9. The average molecular weight is 320 g/mol. The molecule has 0 aliphatic rings. The summed E-state index contributed by atoms with van der Waals surface area (Å²) in [6.45, 7) is 6.11. The van der Waals surface area contributed by atoms with Crippen LogP contribution in [0.25, 0.3) is 6.08 Å². The SMILES string of the molecule is COc1cc(C=CC(=O)NCCNC(C)=O)ccc1OC(C)C. The molecular formula is C17H24N2O4. The van der Waals surface area contributed by atoms with Crippen LogP contribution in [0.2, 0.25) is 0 Å². The van der Waals surface area contributed by atoms with Crippen molar-refractivity contribution in [2.75, 3.05) is 20.2 Å². The van der Waals surface area contributed by atoms with Crippen molar-refractivity contribution in [3.05, 3.63) is 29.8 Å². The molecule has 6 heteroatoms. The molecule has 0 spiro atoms. The number of carbonyl (C=O) groups excluding carboxylic acids is 2. The molecule has 0 bridgehead atoms. The van der Waals surface area contributed by atoms with Gasteiger partial charge >= 0.3 is 0 Å². The van der Waals surface area contributed by atoms with Gasteiger partial charge in [-0.1, -0.05) is 6.07 Å². The predicted octanol–water partition coefficient (Wildman–Crippen LogP) is 1.75. The van der Waals surface area contributed by atoms with E-state index >= 15 is 0 Å². The number of amides is 2. The van der Waals surface area contributed by atoms with E-state index in [4.69, 9.17) is 9.47 Å². The molecule has 0 aliphatic carbocycles. The monoisotopic (exact) mass is 320 g/mol. The van der Waals surface area contributed by atoms with Gasteiger partial charge in [0.2, 0.25) is 11.8 Å². The number of ether oxygens (including phenoxy) is 2. The Morgan fingerprint density at radius 1 is 1.17 bits per heavy atom. The van der Waals surface area contributed by atoms with Crippen molar-refractivity contribution in [1.29, 1.82) is 0 Å². The molecule has 0 saturated carbocycles. The van der Waals surface area contributed by atoms with Crippen molar-refractivity contribution in [2.45, 2.75) is 26.9 Å². The molecule has 0 saturated heterocycles. The van der Waals surface area contributed by atoms with E-state index in [1.54, 1.807) is 19.3 Å². The average Bonchev–Trinajstić information content (AvgIpc) is 2.49. The fraction of sp³-hybridized carbons (Fsp3) is 0.412. The Morgan fingerprint density at radius 2 is 1.87 bits per heavy atom. The summed E-state index contributed by atoms with van der Waals surface area (Å²) >= 11 is 0. The van der Waals surface area contributed by atoms with Gasteiger partial charge in [-0.2, -0.15) is 0 Å². The van der Waals surface area contributed by atoms with Crippen LogP contribution in [-0.4, -0.2) is 38.1 Å². The van der Waals surface area contributed by atoms with Crippen molar-refractivity contribution in [1.82, 2.24) is 10.6 Å². The minimum atomic E-state index is -0.225. The third kappa shape index (κ3) is 7.35. The van der Waals surface area contributed by atoms with Gasteiger partial charge in [-0.3, -0.25) is 9.59 Å². The molecule has 1 rings (SSSR count). The maximum Gasteiger partial charge on any atom is 0.244 e. The Balaban J connectivity index is 2.58. The summed E-state index contributed by atoms with van der Waals surface area (Å²) in [6.07, 6.45) is 3.18. The molecule has 1 aromatic carbocycles. The van der Waals surface area contributed by atoms with Gasteiger partial charge in [0.05, 0.1) is 13.2 Å². The Bertz CT molecular complexity index is 568. The maximum atomic E-state index is 11.7. The third-order valence-corrected chi connectivity index (χ3v) is 2.78. The smallest absolute Gasteiger partial charge is 0.244 e. The number of carbonyl (C=O) groups is 2. The molecule has 0 fully saturated rings. The van der Waals surface area contributed by atoms with Crippen molar-refractivity contribution in [3.8, 4) is 11.5 Å². The first kappa shape index (κ1) is 18.5. The van der Waals surface area contributed by atoms with Crippen LogP contribution in [0.3, 0.4) is 0 Å². The molecule has 0 unspecified atom stereocenters. The molecule has 0 aliphatic heterocycles.